The molecule has 20 heavy (non-hydrogen) atoms. The van der Waals surface area contributed by atoms with Crippen molar-refractivity contribution in [2.75, 3.05) is 6.54 Å². The fraction of sp³-hybridized carbons (Fsp3) is 0.778. The fourth-order valence-electron chi connectivity index (χ4n) is 3.91. The first-order valence-electron chi connectivity index (χ1n) is 8.54. The van der Waals surface area contributed by atoms with Crippen molar-refractivity contribution in [3.8, 4) is 0 Å². The zero-order valence-electron chi connectivity index (χ0n) is 13.0. The van der Waals surface area contributed by atoms with Gasteiger partial charge in [-0.25, -0.2) is 0 Å². The molecule has 2 aliphatic rings. The number of thiophene rings is 1. The quantitative estimate of drug-likeness (QED) is 0.768. The third-order valence-electron chi connectivity index (χ3n) is 5.22. The molecule has 0 bridgehead atoms. The highest BCUT2D eigenvalue weighted by Crippen LogP contribution is 2.43. The van der Waals surface area contributed by atoms with E-state index in [2.05, 4.69) is 30.6 Å². The second kappa shape index (κ2) is 6.62. The average molecular weight is 292 g/mol. The van der Waals surface area contributed by atoms with Crippen LogP contribution in [0.15, 0.2) is 11.4 Å². The molecule has 0 amide bonds. The lowest BCUT2D eigenvalue weighted by atomic mass is 9.70. The topological polar surface area (TPSA) is 12.0 Å². The summed E-state index contributed by atoms with van der Waals surface area (Å²) in [5, 5.41) is 6.21. The third kappa shape index (κ3) is 3.65. The van der Waals surface area contributed by atoms with Crippen molar-refractivity contribution in [2.45, 2.75) is 70.8 Å². The van der Waals surface area contributed by atoms with Crippen LogP contribution < -0.4 is 5.32 Å². The van der Waals surface area contributed by atoms with Crippen LogP contribution in [0.2, 0.25) is 0 Å². The van der Waals surface area contributed by atoms with Crippen LogP contribution >= 0.6 is 11.3 Å². The zero-order valence-corrected chi connectivity index (χ0v) is 13.8. The highest BCUT2D eigenvalue weighted by atomic mass is 32.1. The van der Waals surface area contributed by atoms with Gasteiger partial charge in [0, 0.05) is 10.9 Å². The number of rotatable bonds is 6. The number of nitrogens with one attached hydrogen (secondary N) is 1. The lowest BCUT2D eigenvalue weighted by Gasteiger charge is -2.36. The predicted molar refractivity (Wildman–Crippen MR) is 88.6 cm³/mol. The van der Waals surface area contributed by atoms with Crippen LogP contribution in [0.25, 0.3) is 0 Å². The molecule has 2 aliphatic carbocycles. The normalized spacial score (nSPS) is 30.6. The Hall–Kier alpha value is -0.340. The number of aryl methyl sites for hydroxylation is 1. The summed E-state index contributed by atoms with van der Waals surface area (Å²) in [6.07, 6.45) is 9.93. The molecule has 0 spiro atoms. The average Bonchev–Trinajstić information content (AvgIpc) is 3.18. The molecule has 3 unspecified atom stereocenters. The number of hydrogen-bond donors (Lipinski definition) is 1. The minimum Gasteiger partial charge on any atom is -0.314 e. The van der Waals surface area contributed by atoms with E-state index in [9.17, 15) is 0 Å². The molecule has 0 aliphatic heterocycles. The molecule has 1 heterocycles. The van der Waals surface area contributed by atoms with Crippen molar-refractivity contribution >= 4 is 11.3 Å². The van der Waals surface area contributed by atoms with Gasteiger partial charge >= 0.3 is 0 Å². The molecule has 2 heteroatoms. The molecular formula is C18H29NS. The maximum absolute atomic E-state index is 3.78. The summed E-state index contributed by atoms with van der Waals surface area (Å²) in [5.74, 6) is 2.66. The Morgan fingerprint density at radius 3 is 2.75 bits per heavy atom. The summed E-state index contributed by atoms with van der Waals surface area (Å²) in [4.78, 5) is 1.48. The summed E-state index contributed by atoms with van der Waals surface area (Å²) >= 11 is 1.93. The van der Waals surface area contributed by atoms with E-state index < -0.39 is 0 Å². The second-order valence-corrected chi connectivity index (χ2v) is 8.12. The van der Waals surface area contributed by atoms with Gasteiger partial charge in [0.25, 0.3) is 0 Å². The van der Waals surface area contributed by atoms with Gasteiger partial charge in [-0.15, -0.1) is 11.3 Å². The van der Waals surface area contributed by atoms with Gasteiger partial charge in [0.15, 0.2) is 0 Å². The first-order valence-corrected chi connectivity index (χ1v) is 9.42. The highest BCUT2D eigenvalue weighted by molar-refractivity contribution is 7.10. The first kappa shape index (κ1) is 14.6. The van der Waals surface area contributed by atoms with Crippen LogP contribution in [0.4, 0.5) is 0 Å². The van der Waals surface area contributed by atoms with E-state index in [-0.39, 0.29) is 0 Å². The Kier molecular flexibility index (Phi) is 4.83. The molecular weight excluding hydrogens is 262 g/mol. The van der Waals surface area contributed by atoms with E-state index in [0.717, 1.165) is 23.8 Å². The minimum absolute atomic E-state index is 0.816. The smallest absolute Gasteiger partial charge is 0.00683 e. The summed E-state index contributed by atoms with van der Waals surface area (Å²) in [6, 6.07) is 3.31. The Morgan fingerprint density at radius 2 is 2.10 bits per heavy atom. The van der Waals surface area contributed by atoms with E-state index in [1.54, 1.807) is 5.56 Å². The molecule has 2 saturated carbocycles. The zero-order chi connectivity index (χ0) is 13.9. The predicted octanol–water partition coefficient (Wildman–Crippen LogP) is 5.11. The molecule has 1 N–H and O–H groups in total. The molecule has 3 rings (SSSR count). The molecule has 3 atom stereocenters. The van der Waals surface area contributed by atoms with Crippen LogP contribution in [-0.2, 0) is 0 Å². The Bertz CT molecular complexity index is 421. The Balaban J connectivity index is 1.66. The molecule has 1 nitrogen and oxygen atoms in total. The SMILES string of the molecule is CCCC1CCC(CNC2CC2)C(c2csc(C)c2)C1. The van der Waals surface area contributed by atoms with E-state index in [1.807, 2.05) is 11.3 Å². The summed E-state index contributed by atoms with van der Waals surface area (Å²) < 4.78 is 0. The van der Waals surface area contributed by atoms with Gasteiger partial charge in [-0.05, 0) is 73.9 Å². The van der Waals surface area contributed by atoms with E-state index in [1.165, 1.54) is 56.4 Å². The molecule has 112 valence electrons. The lowest BCUT2D eigenvalue weighted by Crippen LogP contribution is -2.32. The van der Waals surface area contributed by atoms with Crippen molar-refractivity contribution in [2.24, 2.45) is 11.8 Å². The van der Waals surface area contributed by atoms with Gasteiger partial charge < -0.3 is 5.32 Å². The largest absolute Gasteiger partial charge is 0.314 e. The van der Waals surface area contributed by atoms with Gasteiger partial charge in [-0.3, -0.25) is 0 Å². The van der Waals surface area contributed by atoms with Gasteiger partial charge in [-0.1, -0.05) is 26.2 Å². The molecule has 1 aromatic rings. The molecule has 1 aromatic heterocycles. The Labute approximate surface area is 128 Å². The van der Waals surface area contributed by atoms with Gasteiger partial charge in [-0.2, -0.15) is 0 Å². The third-order valence-corrected chi connectivity index (χ3v) is 6.10. The Morgan fingerprint density at radius 1 is 1.25 bits per heavy atom. The monoisotopic (exact) mass is 291 g/mol. The molecule has 0 aromatic carbocycles. The fourth-order valence-corrected chi connectivity index (χ4v) is 4.68. The van der Waals surface area contributed by atoms with Crippen molar-refractivity contribution in [3.05, 3.63) is 21.9 Å². The van der Waals surface area contributed by atoms with E-state index >= 15 is 0 Å². The number of hydrogen-bond acceptors (Lipinski definition) is 2. The maximum Gasteiger partial charge on any atom is 0.00683 e. The van der Waals surface area contributed by atoms with E-state index in [0.29, 0.717) is 0 Å². The molecule has 2 fully saturated rings. The summed E-state index contributed by atoms with van der Waals surface area (Å²) in [5.41, 5.74) is 1.64. The van der Waals surface area contributed by atoms with E-state index in [4.69, 9.17) is 0 Å². The first-order chi connectivity index (χ1) is 9.76. The van der Waals surface area contributed by atoms with Crippen LogP contribution in [0.5, 0.6) is 0 Å². The van der Waals surface area contributed by atoms with Gasteiger partial charge in [0.05, 0.1) is 0 Å². The van der Waals surface area contributed by atoms with Gasteiger partial charge in [0.2, 0.25) is 0 Å². The van der Waals surface area contributed by atoms with Crippen molar-refractivity contribution < 1.29 is 0 Å². The summed E-state index contributed by atoms with van der Waals surface area (Å²) in [6.45, 7) is 5.84. The van der Waals surface area contributed by atoms with Gasteiger partial charge in [0.1, 0.15) is 0 Å². The lowest BCUT2D eigenvalue weighted by molar-refractivity contribution is 0.220. The van der Waals surface area contributed by atoms with Crippen LogP contribution in [0.1, 0.15) is 68.2 Å². The van der Waals surface area contributed by atoms with Crippen LogP contribution in [0, 0.1) is 18.8 Å². The van der Waals surface area contributed by atoms with Crippen molar-refractivity contribution in [1.82, 2.24) is 5.32 Å². The molecule has 0 saturated heterocycles. The van der Waals surface area contributed by atoms with Crippen LogP contribution in [-0.4, -0.2) is 12.6 Å². The molecule has 0 radical (unpaired) electrons. The van der Waals surface area contributed by atoms with Crippen molar-refractivity contribution in [3.63, 3.8) is 0 Å². The van der Waals surface area contributed by atoms with Crippen molar-refractivity contribution in [1.29, 1.82) is 0 Å². The minimum atomic E-state index is 0.816. The maximum atomic E-state index is 3.78. The highest BCUT2D eigenvalue weighted by Gasteiger charge is 2.32. The summed E-state index contributed by atoms with van der Waals surface area (Å²) in [7, 11) is 0. The standard InChI is InChI=1S/C18H29NS/c1-3-4-14-5-6-15(11-19-17-7-8-17)18(10-14)16-9-13(2)20-12-16/h9,12,14-15,17-19H,3-8,10-11H2,1-2H3. The van der Waals surface area contributed by atoms with Crippen LogP contribution in [0.3, 0.4) is 0 Å². The second-order valence-electron chi connectivity index (χ2n) is 7.01.